The topological polar surface area (TPSA) is 66.4 Å². The zero-order valence-electron chi connectivity index (χ0n) is 12.0. The summed E-state index contributed by atoms with van der Waals surface area (Å²) < 4.78 is 0. The molecule has 0 radical (unpaired) electrons. The van der Waals surface area contributed by atoms with E-state index >= 15 is 0 Å². The van der Waals surface area contributed by atoms with Crippen LogP contribution >= 0.6 is 0 Å². The van der Waals surface area contributed by atoms with Gasteiger partial charge in [-0.15, -0.1) is 0 Å². The van der Waals surface area contributed by atoms with E-state index in [1.54, 1.807) is 19.1 Å². The molecule has 4 nitrogen and oxygen atoms in total. The number of aliphatic carboxylic acids is 1. The molecule has 0 bridgehead atoms. The van der Waals surface area contributed by atoms with Gasteiger partial charge in [-0.25, -0.2) is 4.79 Å². The Hall–Kier alpha value is -2.62. The molecule has 1 aromatic carbocycles. The highest BCUT2D eigenvalue weighted by atomic mass is 16.4. The number of amides is 1. The number of hydrogen-bond donors (Lipinski definition) is 2. The molecule has 0 saturated heterocycles. The van der Waals surface area contributed by atoms with E-state index in [-0.39, 0.29) is 6.42 Å². The number of benzene rings is 1. The molecule has 21 heavy (non-hydrogen) atoms. The summed E-state index contributed by atoms with van der Waals surface area (Å²) in [7, 11) is 0. The highest BCUT2D eigenvalue weighted by molar-refractivity contribution is 5.98. The molecule has 0 aliphatic carbocycles. The Bertz CT molecular complexity index is 559. The van der Waals surface area contributed by atoms with Crippen LogP contribution < -0.4 is 5.32 Å². The van der Waals surface area contributed by atoms with Crippen molar-refractivity contribution < 1.29 is 14.7 Å². The molecule has 4 heteroatoms. The van der Waals surface area contributed by atoms with E-state index in [1.807, 2.05) is 30.3 Å². The lowest BCUT2D eigenvalue weighted by atomic mass is 10.1. The van der Waals surface area contributed by atoms with E-state index in [0.717, 1.165) is 5.56 Å². The van der Waals surface area contributed by atoms with Gasteiger partial charge < -0.3 is 10.4 Å². The lowest BCUT2D eigenvalue weighted by molar-refractivity contribution is -0.141. The average Bonchev–Trinajstić information content (AvgIpc) is 2.47. The van der Waals surface area contributed by atoms with Crippen LogP contribution in [0.2, 0.25) is 0 Å². The van der Waals surface area contributed by atoms with E-state index in [9.17, 15) is 14.7 Å². The monoisotopic (exact) mass is 285 g/mol. The molecule has 0 fully saturated rings. The van der Waals surface area contributed by atoms with E-state index in [1.165, 1.54) is 12.2 Å². The molecule has 0 aliphatic heterocycles. The molecule has 0 unspecified atom stereocenters. The quantitative estimate of drug-likeness (QED) is 0.597. The third kappa shape index (κ3) is 5.48. The first-order valence-corrected chi connectivity index (χ1v) is 6.61. The second-order valence-corrected chi connectivity index (χ2v) is 4.41. The molecule has 0 aromatic heterocycles. The van der Waals surface area contributed by atoms with Crippen molar-refractivity contribution in [2.75, 3.05) is 0 Å². The number of hydrogen-bond acceptors (Lipinski definition) is 2. The second-order valence-electron chi connectivity index (χ2n) is 4.41. The molecule has 2 N–H and O–H groups in total. The molecule has 0 aliphatic rings. The van der Waals surface area contributed by atoms with Crippen LogP contribution in [0.3, 0.4) is 0 Å². The van der Waals surface area contributed by atoms with Crippen molar-refractivity contribution in [2.24, 2.45) is 0 Å². The van der Waals surface area contributed by atoms with Gasteiger partial charge in [-0.1, -0.05) is 61.2 Å². The maximum Gasteiger partial charge on any atom is 0.326 e. The molecule has 1 rings (SSSR count). The van der Waals surface area contributed by atoms with Crippen molar-refractivity contribution in [1.82, 2.24) is 5.32 Å². The summed E-state index contributed by atoms with van der Waals surface area (Å²) in [5.74, 6) is -1.50. The molecule has 1 amide bonds. The third-order valence-corrected chi connectivity index (χ3v) is 2.79. The van der Waals surface area contributed by atoms with Crippen molar-refractivity contribution >= 4 is 11.9 Å². The first-order chi connectivity index (χ1) is 10.1. The maximum atomic E-state index is 12.1. The van der Waals surface area contributed by atoms with Crippen LogP contribution in [0.15, 0.2) is 66.8 Å². The fourth-order valence-electron chi connectivity index (χ4n) is 1.80. The number of carboxylic acid groups (broad SMARTS) is 1. The molecule has 0 heterocycles. The van der Waals surface area contributed by atoms with Gasteiger partial charge in [0.25, 0.3) is 5.91 Å². The zero-order chi connectivity index (χ0) is 15.7. The van der Waals surface area contributed by atoms with Gasteiger partial charge in [-0.2, -0.15) is 0 Å². The van der Waals surface area contributed by atoms with Crippen molar-refractivity contribution in [3.63, 3.8) is 0 Å². The van der Waals surface area contributed by atoms with Crippen molar-refractivity contribution in [2.45, 2.75) is 19.4 Å². The van der Waals surface area contributed by atoms with Gasteiger partial charge in [0.1, 0.15) is 6.04 Å². The van der Waals surface area contributed by atoms with Crippen molar-refractivity contribution in [1.29, 1.82) is 0 Å². The SMILES string of the molecule is C=C/C=C(\C=C/C)C(=O)N[C@@H](Cc1ccccc1)C(=O)O. The number of rotatable bonds is 7. The van der Waals surface area contributed by atoms with E-state index < -0.39 is 17.9 Å². The lowest BCUT2D eigenvalue weighted by Crippen LogP contribution is -2.42. The van der Waals surface area contributed by atoms with Crippen LogP contribution in [-0.4, -0.2) is 23.0 Å². The number of carbonyl (C=O) groups excluding carboxylic acids is 1. The van der Waals surface area contributed by atoms with Crippen LogP contribution in [-0.2, 0) is 16.0 Å². The second kappa shape index (κ2) is 8.53. The number of carboxylic acids is 1. The maximum absolute atomic E-state index is 12.1. The van der Waals surface area contributed by atoms with Crippen LogP contribution in [0.25, 0.3) is 0 Å². The molecule has 1 atom stereocenters. The first kappa shape index (κ1) is 16.4. The van der Waals surface area contributed by atoms with Crippen LogP contribution in [0.5, 0.6) is 0 Å². The van der Waals surface area contributed by atoms with Crippen LogP contribution in [0.4, 0.5) is 0 Å². The van der Waals surface area contributed by atoms with Crippen LogP contribution in [0.1, 0.15) is 12.5 Å². The van der Waals surface area contributed by atoms with E-state index in [4.69, 9.17) is 0 Å². The van der Waals surface area contributed by atoms with Gasteiger partial charge in [0, 0.05) is 12.0 Å². The van der Waals surface area contributed by atoms with Gasteiger partial charge in [0.2, 0.25) is 0 Å². The van der Waals surface area contributed by atoms with Gasteiger partial charge in [0.15, 0.2) is 0 Å². The van der Waals surface area contributed by atoms with E-state index in [2.05, 4.69) is 11.9 Å². The van der Waals surface area contributed by atoms with Crippen LogP contribution in [0, 0.1) is 0 Å². The van der Waals surface area contributed by atoms with Crippen molar-refractivity contribution in [3.05, 3.63) is 72.4 Å². The predicted octanol–water partition coefficient (Wildman–Crippen LogP) is 2.49. The first-order valence-electron chi connectivity index (χ1n) is 6.61. The van der Waals surface area contributed by atoms with Crippen molar-refractivity contribution in [3.8, 4) is 0 Å². The lowest BCUT2D eigenvalue weighted by Gasteiger charge is -2.15. The number of nitrogens with one attached hydrogen (secondary N) is 1. The smallest absolute Gasteiger partial charge is 0.326 e. The molecule has 0 spiro atoms. The Morgan fingerprint density at radius 3 is 2.52 bits per heavy atom. The normalized spacial score (nSPS) is 12.9. The standard InChI is InChI=1S/C17H19NO3/c1-3-8-14(9-4-2)16(19)18-15(17(20)21)12-13-10-6-5-7-11-13/h3-11,15H,1,12H2,2H3,(H,18,19)(H,20,21)/b9-4-,14-8+/t15-/m0/s1. The van der Waals surface area contributed by atoms with Gasteiger partial charge in [-0.05, 0) is 12.5 Å². The number of allylic oxidation sites excluding steroid dienone is 3. The van der Waals surface area contributed by atoms with E-state index in [0.29, 0.717) is 5.57 Å². The predicted molar refractivity (Wildman–Crippen MR) is 82.8 cm³/mol. The highest BCUT2D eigenvalue weighted by Gasteiger charge is 2.21. The summed E-state index contributed by atoms with van der Waals surface area (Å²) >= 11 is 0. The average molecular weight is 285 g/mol. The highest BCUT2D eigenvalue weighted by Crippen LogP contribution is 2.05. The Morgan fingerprint density at radius 1 is 1.33 bits per heavy atom. The Kier molecular flexibility index (Phi) is 6.68. The summed E-state index contributed by atoms with van der Waals surface area (Å²) in [4.78, 5) is 23.4. The van der Waals surface area contributed by atoms with Gasteiger partial charge >= 0.3 is 5.97 Å². The largest absolute Gasteiger partial charge is 0.480 e. The minimum atomic E-state index is -1.06. The third-order valence-electron chi connectivity index (χ3n) is 2.79. The summed E-state index contributed by atoms with van der Waals surface area (Å²) in [6.45, 7) is 5.32. The Morgan fingerprint density at radius 2 is 2.00 bits per heavy atom. The molecular formula is C17H19NO3. The summed E-state index contributed by atoms with van der Waals surface area (Å²) in [6.07, 6.45) is 6.58. The molecule has 110 valence electrons. The number of carbonyl (C=O) groups is 2. The summed E-state index contributed by atoms with van der Waals surface area (Å²) in [5, 5.41) is 11.8. The fourth-order valence-corrected chi connectivity index (χ4v) is 1.80. The zero-order valence-corrected chi connectivity index (χ0v) is 12.0. The summed E-state index contributed by atoms with van der Waals surface area (Å²) in [6, 6.07) is 8.20. The Labute approximate surface area is 124 Å². The van der Waals surface area contributed by atoms with Gasteiger partial charge in [-0.3, -0.25) is 4.79 Å². The molecule has 1 aromatic rings. The minimum absolute atomic E-state index is 0.235. The Balaban J connectivity index is 2.83. The minimum Gasteiger partial charge on any atom is -0.480 e. The molecular weight excluding hydrogens is 266 g/mol. The summed E-state index contributed by atoms with van der Waals surface area (Å²) in [5.41, 5.74) is 1.22. The fraction of sp³-hybridized carbons (Fsp3) is 0.176. The molecule has 0 saturated carbocycles. The van der Waals surface area contributed by atoms with Gasteiger partial charge in [0.05, 0.1) is 0 Å².